The van der Waals surface area contributed by atoms with Crippen molar-refractivity contribution in [2.45, 2.75) is 0 Å². The van der Waals surface area contributed by atoms with Crippen LogP contribution in [-0.4, -0.2) is 21.5 Å². The molecule has 30 heavy (non-hydrogen) atoms. The second-order valence-electron chi connectivity index (χ2n) is 6.04. The zero-order chi connectivity index (χ0) is 20.1. The Labute approximate surface area is 188 Å². The summed E-state index contributed by atoms with van der Waals surface area (Å²) in [5.41, 5.74) is 1.32. The van der Waals surface area contributed by atoms with Crippen molar-refractivity contribution in [3.05, 3.63) is 120 Å². The second-order valence-corrected chi connectivity index (χ2v) is 6.04. The third-order valence-corrected chi connectivity index (χ3v) is 4.03. The second kappa shape index (κ2) is 9.86. The Bertz CT molecular complexity index is 1070. The number of pyridine rings is 2. The van der Waals surface area contributed by atoms with Gasteiger partial charge in [0.15, 0.2) is 0 Å². The van der Waals surface area contributed by atoms with E-state index in [0.717, 1.165) is 0 Å². The van der Waals surface area contributed by atoms with Crippen molar-refractivity contribution in [3.63, 3.8) is 0 Å². The van der Waals surface area contributed by atoms with E-state index in [-0.39, 0.29) is 44.2 Å². The van der Waals surface area contributed by atoms with Crippen molar-refractivity contribution >= 4 is 11.6 Å². The number of ketones is 2. The average molecular weight is 573 g/mol. The van der Waals surface area contributed by atoms with E-state index >= 15 is 0 Å². The number of rotatable bonds is 6. The number of benzene rings is 2. The number of carbonyl (C=O) groups is 2. The molecule has 0 N–H and O–H groups in total. The van der Waals surface area contributed by atoms with Gasteiger partial charge in [0.2, 0.25) is 5.88 Å². The van der Waals surface area contributed by atoms with Crippen LogP contribution in [0.3, 0.4) is 0 Å². The van der Waals surface area contributed by atoms with Gasteiger partial charge >= 0.3 is 21.1 Å². The summed E-state index contributed by atoms with van der Waals surface area (Å²) in [7, 11) is 0. The van der Waals surface area contributed by atoms with Crippen LogP contribution in [0.4, 0.5) is 0 Å². The first-order chi connectivity index (χ1) is 14.2. The zero-order valence-corrected chi connectivity index (χ0v) is 17.8. The van der Waals surface area contributed by atoms with Crippen LogP contribution >= 0.6 is 0 Å². The predicted molar refractivity (Wildman–Crippen MR) is 106 cm³/mol. The summed E-state index contributed by atoms with van der Waals surface area (Å²) in [6.07, 6.45) is 1.56. The third-order valence-electron chi connectivity index (χ3n) is 4.03. The van der Waals surface area contributed by atoms with Crippen molar-refractivity contribution in [2.24, 2.45) is 0 Å². The van der Waals surface area contributed by atoms with Crippen molar-refractivity contribution in [2.75, 3.05) is 0 Å². The minimum Gasteiger partial charge on any atom is -0.459 e. The van der Waals surface area contributed by atoms with E-state index in [9.17, 15) is 9.59 Å². The molecule has 2 aromatic heterocycles. The minimum atomic E-state index is -0.257. The number of ether oxygens (including phenoxy) is 1. The maximum absolute atomic E-state index is 12.5. The molecule has 6 heteroatoms. The van der Waals surface area contributed by atoms with E-state index in [1.807, 2.05) is 0 Å². The molecule has 0 atom stereocenters. The first-order valence-electron chi connectivity index (χ1n) is 8.85. The third kappa shape index (κ3) is 4.94. The van der Waals surface area contributed by atoms with Crippen LogP contribution in [0.25, 0.3) is 0 Å². The van der Waals surface area contributed by atoms with Crippen LogP contribution in [0.1, 0.15) is 32.1 Å². The summed E-state index contributed by atoms with van der Waals surface area (Å²) in [5, 5.41) is 0. The molecule has 0 bridgehead atoms. The summed E-state index contributed by atoms with van der Waals surface area (Å²) in [4.78, 5) is 33.4. The molecule has 0 aliphatic carbocycles. The Hall–Kier alpha value is -3.43. The molecule has 0 aliphatic rings. The molecular weight excluding hydrogens is 559 g/mol. The normalized spacial score (nSPS) is 10.0. The minimum absolute atomic E-state index is 0. The summed E-state index contributed by atoms with van der Waals surface area (Å²) in [5.74, 6) is 0.0345. The van der Waals surface area contributed by atoms with Gasteiger partial charge in [0.05, 0.1) is 11.4 Å². The molecule has 4 rings (SSSR count). The fourth-order valence-electron chi connectivity index (χ4n) is 2.66. The van der Waals surface area contributed by atoms with E-state index < -0.39 is 0 Å². The molecule has 0 saturated carbocycles. The molecule has 0 unspecified atom stereocenters. The summed E-state index contributed by atoms with van der Waals surface area (Å²) >= 11 is 0. The van der Waals surface area contributed by atoms with E-state index in [1.54, 1.807) is 85.1 Å². The maximum Gasteiger partial charge on any atom is 2.00 e. The molecule has 4 aromatic rings. The molecule has 148 valence electrons. The van der Waals surface area contributed by atoms with E-state index in [1.165, 1.54) is 0 Å². The van der Waals surface area contributed by atoms with Gasteiger partial charge in [-0.2, -0.15) is 0 Å². The van der Waals surface area contributed by atoms with Gasteiger partial charge in [-0.15, -0.1) is 54.1 Å². The molecule has 2 heterocycles. The van der Waals surface area contributed by atoms with Crippen LogP contribution in [-0.2, 0) is 21.1 Å². The topological polar surface area (TPSA) is 69.2 Å². The van der Waals surface area contributed by atoms with E-state index in [2.05, 4.69) is 22.1 Å². The zero-order valence-electron chi connectivity index (χ0n) is 15.5. The van der Waals surface area contributed by atoms with Crippen LogP contribution in [0.2, 0.25) is 0 Å². The first kappa shape index (κ1) is 21.3. The number of hydrogen-bond donors (Lipinski definition) is 0. The molecule has 0 aliphatic heterocycles. The van der Waals surface area contributed by atoms with Gasteiger partial charge in [-0.1, -0.05) is 23.8 Å². The average Bonchev–Trinajstić information content (AvgIpc) is 2.79. The van der Waals surface area contributed by atoms with Gasteiger partial charge in [-0.3, -0.25) is 4.98 Å². The smallest absolute Gasteiger partial charge is 0.459 e. The molecular formula is C24H14N2O3Pt. The quantitative estimate of drug-likeness (QED) is 0.254. The van der Waals surface area contributed by atoms with Crippen LogP contribution in [0.5, 0.6) is 11.6 Å². The van der Waals surface area contributed by atoms with Crippen LogP contribution in [0.15, 0.2) is 85.1 Å². The van der Waals surface area contributed by atoms with Gasteiger partial charge in [0.1, 0.15) is 11.6 Å². The standard InChI is InChI=1S/C24H14N2O3.Pt/c27-23(17-8-2-1-3-9-17)21-13-7-14-22(26-21)29-19-11-6-10-18(16-19)24(28)20-12-4-5-15-25-20;/h1-8,10-15H;/q-2;+2. The van der Waals surface area contributed by atoms with Crippen molar-refractivity contribution in [1.82, 2.24) is 9.97 Å². The number of aromatic nitrogens is 2. The van der Waals surface area contributed by atoms with Gasteiger partial charge < -0.3 is 14.3 Å². The Balaban J connectivity index is 0.00000256. The Kier molecular flexibility index (Phi) is 6.99. The van der Waals surface area contributed by atoms with Crippen LogP contribution in [0, 0.1) is 12.1 Å². The van der Waals surface area contributed by atoms with E-state index in [4.69, 9.17) is 4.74 Å². The monoisotopic (exact) mass is 573 g/mol. The fraction of sp³-hybridized carbons (Fsp3) is 0. The van der Waals surface area contributed by atoms with Crippen LogP contribution < -0.4 is 4.74 Å². The largest absolute Gasteiger partial charge is 2.00 e. The number of carbonyl (C=O) groups excluding carboxylic acids is 2. The van der Waals surface area contributed by atoms with Crippen molar-refractivity contribution in [3.8, 4) is 11.6 Å². The van der Waals surface area contributed by atoms with E-state index in [0.29, 0.717) is 22.6 Å². The van der Waals surface area contributed by atoms with Crippen molar-refractivity contribution in [1.29, 1.82) is 0 Å². The summed E-state index contributed by atoms with van der Waals surface area (Å²) in [6.45, 7) is 0. The molecule has 0 fully saturated rings. The fourth-order valence-corrected chi connectivity index (χ4v) is 2.66. The van der Waals surface area contributed by atoms with Crippen molar-refractivity contribution < 1.29 is 35.4 Å². The van der Waals surface area contributed by atoms with Gasteiger partial charge in [-0.05, 0) is 18.2 Å². The Morgan fingerprint density at radius 1 is 0.767 bits per heavy atom. The molecule has 0 amide bonds. The summed E-state index contributed by atoms with van der Waals surface area (Å²) in [6, 6.07) is 27.8. The Morgan fingerprint density at radius 3 is 2.27 bits per heavy atom. The molecule has 0 radical (unpaired) electrons. The molecule has 0 saturated heterocycles. The predicted octanol–water partition coefficient (Wildman–Crippen LogP) is 4.33. The molecule has 0 spiro atoms. The number of nitrogens with zero attached hydrogens (tertiary/aromatic N) is 2. The Morgan fingerprint density at radius 2 is 1.50 bits per heavy atom. The van der Waals surface area contributed by atoms with Gasteiger partial charge in [0.25, 0.3) is 0 Å². The SMILES string of the molecule is O=C(c1[c-]c(Oc2cccc(C(=O)c3[c-]cccc3)n2)ccc1)c1ccccn1.[Pt+2]. The molecule has 5 nitrogen and oxygen atoms in total. The maximum atomic E-state index is 12.5. The summed E-state index contributed by atoms with van der Waals surface area (Å²) < 4.78 is 5.73. The number of hydrogen-bond acceptors (Lipinski definition) is 5. The van der Waals surface area contributed by atoms with Gasteiger partial charge in [0, 0.05) is 18.0 Å². The van der Waals surface area contributed by atoms with Gasteiger partial charge in [-0.25, -0.2) is 4.98 Å². The first-order valence-corrected chi connectivity index (χ1v) is 8.85. The molecule has 2 aromatic carbocycles.